The van der Waals surface area contributed by atoms with E-state index in [9.17, 15) is 4.79 Å². The molecule has 0 radical (unpaired) electrons. The topological polar surface area (TPSA) is 46.3 Å². The summed E-state index contributed by atoms with van der Waals surface area (Å²) in [5, 5.41) is 0.720. The number of benzene rings is 1. The van der Waals surface area contributed by atoms with Crippen LogP contribution in [-0.2, 0) is 11.2 Å². The maximum absolute atomic E-state index is 11.8. The highest BCUT2D eigenvalue weighted by atomic mass is 35.5. The first-order valence-electron chi connectivity index (χ1n) is 6.30. The summed E-state index contributed by atoms with van der Waals surface area (Å²) in [6.07, 6.45) is 1.93. The number of halogens is 1. The summed E-state index contributed by atoms with van der Waals surface area (Å²) in [7, 11) is 0. The van der Waals surface area contributed by atoms with Gasteiger partial charge in [0.1, 0.15) is 0 Å². The van der Waals surface area contributed by atoms with Crippen LogP contribution in [0.1, 0.15) is 24.5 Å². The number of carbonyl (C=O) groups excluding carboxylic acids is 1. The molecule has 0 aromatic heterocycles. The van der Waals surface area contributed by atoms with Gasteiger partial charge in [0.25, 0.3) is 0 Å². The van der Waals surface area contributed by atoms with Crippen molar-refractivity contribution >= 4 is 23.2 Å². The van der Waals surface area contributed by atoms with Crippen LogP contribution in [0.25, 0.3) is 0 Å². The minimum Gasteiger partial charge on any atom is -0.330 e. The molecule has 0 saturated carbocycles. The molecule has 4 heteroatoms. The van der Waals surface area contributed by atoms with Crippen LogP contribution in [0.5, 0.6) is 0 Å². The van der Waals surface area contributed by atoms with Gasteiger partial charge in [-0.3, -0.25) is 4.79 Å². The van der Waals surface area contributed by atoms with E-state index >= 15 is 0 Å². The van der Waals surface area contributed by atoms with Gasteiger partial charge < -0.3 is 10.6 Å². The van der Waals surface area contributed by atoms with Crippen LogP contribution in [0.3, 0.4) is 0 Å². The fourth-order valence-corrected chi connectivity index (χ4v) is 2.86. The molecule has 1 amide bonds. The van der Waals surface area contributed by atoms with E-state index in [1.54, 1.807) is 6.92 Å². The number of rotatable bonds is 2. The number of carbonyl (C=O) groups is 1. The lowest BCUT2D eigenvalue weighted by molar-refractivity contribution is -0.116. The highest BCUT2D eigenvalue weighted by Gasteiger charge is 2.28. The van der Waals surface area contributed by atoms with E-state index in [2.05, 4.69) is 0 Å². The molecule has 1 unspecified atom stereocenters. The summed E-state index contributed by atoms with van der Waals surface area (Å²) in [6.45, 7) is 4.99. The molecule has 0 fully saturated rings. The number of nitrogens with two attached hydrogens (primary N) is 1. The molecular weight excluding hydrogens is 248 g/mol. The van der Waals surface area contributed by atoms with E-state index in [1.165, 1.54) is 5.56 Å². The van der Waals surface area contributed by atoms with Crippen LogP contribution < -0.4 is 10.6 Å². The first-order valence-corrected chi connectivity index (χ1v) is 6.68. The lowest BCUT2D eigenvalue weighted by Gasteiger charge is -2.35. The number of fused-ring (bicyclic) bond motifs is 1. The second-order valence-electron chi connectivity index (χ2n) is 4.96. The van der Waals surface area contributed by atoms with Crippen molar-refractivity contribution in [2.24, 2.45) is 11.7 Å². The number of nitrogens with zero attached hydrogens (tertiary/aromatic N) is 1. The van der Waals surface area contributed by atoms with Crippen molar-refractivity contribution in [3.8, 4) is 0 Å². The SMILES string of the molecule is CC(=O)N1CC(CCN)Cc2ccc(Cl)c(C)c21. The third-order valence-electron chi connectivity index (χ3n) is 3.62. The van der Waals surface area contributed by atoms with Gasteiger partial charge >= 0.3 is 0 Å². The van der Waals surface area contributed by atoms with Gasteiger partial charge in [0.05, 0.1) is 5.69 Å². The minimum absolute atomic E-state index is 0.0725. The predicted octanol–water partition coefficient (Wildman–Crippen LogP) is 2.52. The highest BCUT2D eigenvalue weighted by molar-refractivity contribution is 6.31. The van der Waals surface area contributed by atoms with Gasteiger partial charge in [0.15, 0.2) is 0 Å². The van der Waals surface area contributed by atoms with Crippen molar-refractivity contribution in [3.05, 3.63) is 28.3 Å². The summed E-state index contributed by atoms with van der Waals surface area (Å²) in [6, 6.07) is 3.95. The molecule has 1 heterocycles. The summed E-state index contributed by atoms with van der Waals surface area (Å²) in [5.41, 5.74) is 8.83. The smallest absolute Gasteiger partial charge is 0.223 e. The molecule has 0 aliphatic carbocycles. The van der Waals surface area contributed by atoms with Gasteiger partial charge in [-0.2, -0.15) is 0 Å². The van der Waals surface area contributed by atoms with Gasteiger partial charge in [0, 0.05) is 18.5 Å². The Kier molecular flexibility index (Phi) is 3.93. The molecule has 18 heavy (non-hydrogen) atoms. The van der Waals surface area contributed by atoms with Crippen LogP contribution in [0.15, 0.2) is 12.1 Å². The molecule has 3 nitrogen and oxygen atoms in total. The van der Waals surface area contributed by atoms with E-state index in [0.29, 0.717) is 12.5 Å². The van der Waals surface area contributed by atoms with E-state index in [4.69, 9.17) is 17.3 Å². The van der Waals surface area contributed by atoms with Gasteiger partial charge in [-0.25, -0.2) is 0 Å². The quantitative estimate of drug-likeness (QED) is 0.894. The van der Waals surface area contributed by atoms with Crippen LogP contribution in [0, 0.1) is 12.8 Å². The van der Waals surface area contributed by atoms with E-state index < -0.39 is 0 Å². The largest absolute Gasteiger partial charge is 0.330 e. The van der Waals surface area contributed by atoms with Crippen molar-refractivity contribution in [3.63, 3.8) is 0 Å². The molecule has 1 aliphatic rings. The van der Waals surface area contributed by atoms with Crippen LogP contribution >= 0.6 is 11.6 Å². The number of anilines is 1. The number of hydrogen-bond donors (Lipinski definition) is 1. The van der Waals surface area contributed by atoms with Crippen molar-refractivity contribution in [2.45, 2.75) is 26.7 Å². The number of hydrogen-bond acceptors (Lipinski definition) is 2. The Hall–Kier alpha value is -1.06. The summed E-state index contributed by atoms with van der Waals surface area (Å²) >= 11 is 6.16. The molecule has 1 aliphatic heterocycles. The lowest BCUT2D eigenvalue weighted by atomic mass is 9.88. The molecule has 98 valence electrons. The first kappa shape index (κ1) is 13.4. The summed E-state index contributed by atoms with van der Waals surface area (Å²) in [4.78, 5) is 13.7. The zero-order chi connectivity index (χ0) is 13.3. The molecule has 1 atom stereocenters. The maximum atomic E-state index is 11.8. The minimum atomic E-state index is 0.0725. The number of amides is 1. The third-order valence-corrected chi connectivity index (χ3v) is 4.03. The fourth-order valence-electron chi connectivity index (χ4n) is 2.71. The zero-order valence-electron chi connectivity index (χ0n) is 10.9. The van der Waals surface area contributed by atoms with Crippen molar-refractivity contribution in [2.75, 3.05) is 18.0 Å². The Labute approximate surface area is 113 Å². The maximum Gasteiger partial charge on any atom is 0.223 e. The first-order chi connectivity index (χ1) is 8.54. The van der Waals surface area contributed by atoms with Gasteiger partial charge in [-0.05, 0) is 49.4 Å². The Bertz CT molecular complexity index is 473. The average molecular weight is 267 g/mol. The summed E-state index contributed by atoms with van der Waals surface area (Å²) in [5.74, 6) is 0.523. The zero-order valence-corrected chi connectivity index (χ0v) is 11.6. The molecule has 0 bridgehead atoms. The lowest BCUT2D eigenvalue weighted by Crippen LogP contribution is -2.39. The van der Waals surface area contributed by atoms with Crippen molar-refractivity contribution in [1.29, 1.82) is 0 Å². The predicted molar refractivity (Wildman–Crippen MR) is 75.1 cm³/mol. The molecule has 2 rings (SSSR count). The van der Waals surface area contributed by atoms with Gasteiger partial charge in [0.2, 0.25) is 5.91 Å². The molecule has 0 spiro atoms. The van der Waals surface area contributed by atoms with Crippen LogP contribution in [0.2, 0.25) is 5.02 Å². The van der Waals surface area contributed by atoms with E-state index in [0.717, 1.165) is 35.7 Å². The molecule has 2 N–H and O–H groups in total. The fraction of sp³-hybridized carbons (Fsp3) is 0.500. The van der Waals surface area contributed by atoms with Crippen molar-refractivity contribution < 1.29 is 4.79 Å². The standard InChI is InChI=1S/C14H19ClN2O/c1-9-13(15)4-3-12-7-11(5-6-16)8-17(10(2)18)14(9)12/h3-4,11H,5-8,16H2,1-2H3. The normalized spacial score (nSPS) is 18.7. The van der Waals surface area contributed by atoms with Gasteiger partial charge in [-0.1, -0.05) is 17.7 Å². The molecule has 1 aromatic carbocycles. The van der Waals surface area contributed by atoms with Crippen molar-refractivity contribution in [1.82, 2.24) is 0 Å². The average Bonchev–Trinajstić information content (AvgIpc) is 2.33. The monoisotopic (exact) mass is 266 g/mol. The second-order valence-corrected chi connectivity index (χ2v) is 5.36. The van der Waals surface area contributed by atoms with E-state index in [1.807, 2.05) is 24.0 Å². The third kappa shape index (κ3) is 2.38. The Morgan fingerprint density at radius 3 is 2.89 bits per heavy atom. The molecule has 0 saturated heterocycles. The Balaban J connectivity index is 2.45. The molecular formula is C14H19ClN2O. The highest BCUT2D eigenvalue weighted by Crippen LogP contribution is 2.36. The summed E-state index contributed by atoms with van der Waals surface area (Å²) < 4.78 is 0. The Morgan fingerprint density at radius 2 is 2.28 bits per heavy atom. The van der Waals surface area contributed by atoms with E-state index in [-0.39, 0.29) is 5.91 Å². The van der Waals surface area contributed by atoms with Gasteiger partial charge in [-0.15, -0.1) is 0 Å². The Morgan fingerprint density at radius 1 is 1.56 bits per heavy atom. The second kappa shape index (κ2) is 5.29. The molecule has 1 aromatic rings. The van der Waals surface area contributed by atoms with Crippen LogP contribution in [-0.4, -0.2) is 19.0 Å². The van der Waals surface area contributed by atoms with Crippen LogP contribution in [0.4, 0.5) is 5.69 Å².